The van der Waals surface area contributed by atoms with Crippen molar-refractivity contribution in [1.29, 1.82) is 0 Å². The summed E-state index contributed by atoms with van der Waals surface area (Å²) in [6.45, 7) is 6.05. The van der Waals surface area contributed by atoms with Gasteiger partial charge in [0, 0.05) is 15.6 Å². The van der Waals surface area contributed by atoms with E-state index in [1.54, 1.807) is 20.8 Å². The summed E-state index contributed by atoms with van der Waals surface area (Å²) in [7, 11) is 0. The van der Waals surface area contributed by atoms with Crippen molar-refractivity contribution in [2.45, 2.75) is 65.2 Å². The van der Waals surface area contributed by atoms with Crippen LogP contribution in [-0.2, 0) is 20.7 Å². The molecule has 1 amide bonds. The predicted octanol–water partition coefficient (Wildman–Crippen LogP) is 8.25. The molecule has 1 N–H and O–H groups in total. The van der Waals surface area contributed by atoms with Gasteiger partial charge in [0.2, 0.25) is 5.91 Å². The summed E-state index contributed by atoms with van der Waals surface area (Å²) in [5, 5.41) is 2.29. The van der Waals surface area contributed by atoms with Crippen LogP contribution in [0.5, 0.6) is 0 Å². The number of allylic oxidation sites excluding steroid dienone is 4. The fourth-order valence-electron chi connectivity index (χ4n) is 4.32. The largest absolute Gasteiger partial charge is 0.460 e. The Kier molecular flexibility index (Phi) is 8.67. The van der Waals surface area contributed by atoms with Gasteiger partial charge in [-0.1, -0.05) is 53.9 Å². The molecule has 37 heavy (non-hydrogen) atoms. The maximum atomic E-state index is 15.7. The van der Waals surface area contributed by atoms with Crippen LogP contribution >= 0.6 is 34.8 Å². The molecule has 3 atom stereocenters. The number of anilines is 1. The fraction of sp³-hybridized carbons (Fsp3) is 0.538. The summed E-state index contributed by atoms with van der Waals surface area (Å²) < 4.78 is 62.2. The molecule has 0 bridgehead atoms. The predicted molar refractivity (Wildman–Crippen MR) is 136 cm³/mol. The van der Waals surface area contributed by atoms with Gasteiger partial charge in [-0.3, -0.25) is 9.59 Å². The van der Waals surface area contributed by atoms with E-state index in [-0.39, 0.29) is 28.5 Å². The second-order valence-electron chi connectivity index (χ2n) is 10.7. The van der Waals surface area contributed by atoms with E-state index in [4.69, 9.17) is 39.5 Å². The summed E-state index contributed by atoms with van der Waals surface area (Å²) in [5.41, 5.74) is -2.28. The number of amides is 1. The highest BCUT2D eigenvalue weighted by atomic mass is 35.5. The number of benzene rings is 1. The molecule has 0 radical (unpaired) electrons. The van der Waals surface area contributed by atoms with Crippen molar-refractivity contribution in [2.75, 3.05) is 5.32 Å². The van der Waals surface area contributed by atoms with Gasteiger partial charge in [-0.15, -0.1) is 0 Å². The van der Waals surface area contributed by atoms with Gasteiger partial charge in [0.15, 0.2) is 5.82 Å². The summed E-state index contributed by atoms with van der Waals surface area (Å²) in [6.07, 6.45) is 0.623. The first-order valence-corrected chi connectivity index (χ1v) is 12.9. The molecule has 1 unspecified atom stereocenters. The van der Waals surface area contributed by atoms with Crippen molar-refractivity contribution >= 4 is 52.4 Å². The van der Waals surface area contributed by atoms with Crippen molar-refractivity contribution in [3.63, 3.8) is 0 Å². The number of nitrogens with one attached hydrogen (secondary N) is 1. The molecule has 2 aliphatic rings. The lowest BCUT2D eigenvalue weighted by Crippen LogP contribution is -2.40. The number of carbonyl (C=O) groups excluding carboxylic acids is 2. The van der Waals surface area contributed by atoms with Crippen LogP contribution in [0, 0.1) is 29.0 Å². The molecular weight excluding hydrogens is 557 g/mol. The number of esters is 1. The monoisotopic (exact) mass is 583 g/mol. The normalized spacial score (nSPS) is 20.6. The molecular formula is C26H28Cl3F4NO3. The lowest BCUT2D eigenvalue weighted by atomic mass is 9.78. The lowest BCUT2D eigenvalue weighted by Gasteiger charge is -2.31. The molecule has 0 aromatic heterocycles. The first-order chi connectivity index (χ1) is 16.9. The fourth-order valence-corrected chi connectivity index (χ4v) is 5.03. The van der Waals surface area contributed by atoms with Gasteiger partial charge in [0.25, 0.3) is 0 Å². The molecule has 0 saturated heterocycles. The first kappa shape index (κ1) is 29.8. The van der Waals surface area contributed by atoms with E-state index in [1.165, 1.54) is 24.3 Å². The van der Waals surface area contributed by atoms with E-state index in [0.29, 0.717) is 17.9 Å². The Hall–Kier alpha value is -1.77. The second-order valence-corrected chi connectivity index (χ2v) is 11.9. The Labute approximate surface area is 228 Å². The standard InChI is InChI=1S/C26H28Cl3F4NO3/c1-13(26(31,32)33)19(14-5-7-15(27)8-6-14)22(35)34-21-18(29)11-17(28)16(20(21)30)12-25(9-10-25)23(36)37-24(2,3)4/h5,7-8,11,13-14,19H,6,9-10,12H2,1-4H3,(H,34,35)/t13-,14?,19+/m1/s1. The van der Waals surface area contributed by atoms with Crippen molar-refractivity contribution in [1.82, 2.24) is 0 Å². The topological polar surface area (TPSA) is 55.4 Å². The lowest BCUT2D eigenvalue weighted by molar-refractivity contribution is -0.188. The van der Waals surface area contributed by atoms with Gasteiger partial charge in [-0.05, 0) is 64.5 Å². The summed E-state index contributed by atoms with van der Waals surface area (Å²) in [6, 6.07) is 1.20. The molecule has 1 aromatic carbocycles. The number of ether oxygens (including phenoxy) is 1. The maximum absolute atomic E-state index is 15.7. The van der Waals surface area contributed by atoms with Gasteiger partial charge in [-0.2, -0.15) is 13.2 Å². The molecule has 1 saturated carbocycles. The van der Waals surface area contributed by atoms with Crippen LogP contribution < -0.4 is 5.32 Å². The van der Waals surface area contributed by atoms with Crippen LogP contribution in [0.2, 0.25) is 10.0 Å². The van der Waals surface area contributed by atoms with Crippen LogP contribution in [0.4, 0.5) is 23.2 Å². The highest BCUT2D eigenvalue weighted by molar-refractivity contribution is 6.37. The first-order valence-electron chi connectivity index (χ1n) is 11.8. The molecule has 0 aliphatic heterocycles. The molecule has 2 aliphatic carbocycles. The molecule has 204 valence electrons. The number of carbonyl (C=O) groups is 2. The minimum absolute atomic E-state index is 0.0643. The van der Waals surface area contributed by atoms with Crippen LogP contribution in [0.25, 0.3) is 0 Å². The van der Waals surface area contributed by atoms with Crippen molar-refractivity contribution < 1.29 is 31.9 Å². The smallest absolute Gasteiger partial charge is 0.392 e. The zero-order chi connectivity index (χ0) is 27.9. The van der Waals surface area contributed by atoms with Gasteiger partial charge in [-0.25, -0.2) is 4.39 Å². The second kappa shape index (κ2) is 10.8. The average molecular weight is 585 g/mol. The quantitative estimate of drug-likeness (QED) is 0.259. The molecule has 0 spiro atoms. The number of hydrogen-bond donors (Lipinski definition) is 1. The van der Waals surface area contributed by atoms with Crippen molar-refractivity contribution in [3.05, 3.63) is 50.8 Å². The van der Waals surface area contributed by atoms with Crippen LogP contribution in [0.1, 0.15) is 52.5 Å². The van der Waals surface area contributed by atoms with Crippen LogP contribution in [0.15, 0.2) is 29.3 Å². The highest BCUT2D eigenvalue weighted by Gasteiger charge is 2.53. The van der Waals surface area contributed by atoms with Gasteiger partial charge >= 0.3 is 12.1 Å². The van der Waals surface area contributed by atoms with Crippen LogP contribution in [0.3, 0.4) is 0 Å². The molecule has 4 nitrogen and oxygen atoms in total. The maximum Gasteiger partial charge on any atom is 0.392 e. The summed E-state index contributed by atoms with van der Waals surface area (Å²) in [5.74, 6) is -6.98. The zero-order valence-corrected chi connectivity index (χ0v) is 23.0. The molecule has 1 aromatic rings. The van der Waals surface area contributed by atoms with E-state index >= 15 is 4.39 Å². The zero-order valence-electron chi connectivity index (χ0n) is 20.7. The third-order valence-electron chi connectivity index (χ3n) is 6.62. The molecule has 3 rings (SSSR count). The SMILES string of the molecule is C[C@H]([C@H](C(=O)Nc1c(Cl)cc(Cl)c(CC2(C(=O)OC(C)(C)C)CC2)c1F)C1C=CC(Cl)=CC1)C(F)(F)F. The van der Waals surface area contributed by atoms with Crippen molar-refractivity contribution in [3.8, 4) is 0 Å². The molecule has 1 fully saturated rings. The third-order valence-corrected chi connectivity index (χ3v) is 7.54. The Bertz CT molecular complexity index is 1140. The summed E-state index contributed by atoms with van der Waals surface area (Å²) >= 11 is 18.3. The summed E-state index contributed by atoms with van der Waals surface area (Å²) in [4.78, 5) is 26.0. The van der Waals surface area contributed by atoms with Crippen LogP contribution in [-0.4, -0.2) is 23.7 Å². The average Bonchev–Trinajstić information content (AvgIpc) is 3.55. The van der Waals surface area contributed by atoms with Gasteiger partial charge in [0.05, 0.1) is 28.0 Å². The van der Waals surface area contributed by atoms with E-state index < -0.39 is 58.3 Å². The van der Waals surface area contributed by atoms with E-state index in [9.17, 15) is 22.8 Å². The van der Waals surface area contributed by atoms with E-state index in [0.717, 1.165) is 6.92 Å². The third kappa shape index (κ3) is 7.01. The van der Waals surface area contributed by atoms with Crippen molar-refractivity contribution in [2.24, 2.45) is 23.2 Å². The minimum atomic E-state index is -4.68. The Morgan fingerprint density at radius 1 is 1.16 bits per heavy atom. The molecule has 0 heterocycles. The highest BCUT2D eigenvalue weighted by Crippen LogP contribution is 2.52. The number of alkyl halides is 3. The number of hydrogen-bond acceptors (Lipinski definition) is 3. The number of rotatable bonds is 7. The Balaban J connectivity index is 1.92. The minimum Gasteiger partial charge on any atom is -0.460 e. The van der Waals surface area contributed by atoms with E-state index in [1.807, 2.05) is 0 Å². The number of halogens is 7. The molecule has 11 heteroatoms. The van der Waals surface area contributed by atoms with Gasteiger partial charge in [0.1, 0.15) is 5.60 Å². The Morgan fingerprint density at radius 3 is 2.27 bits per heavy atom. The Morgan fingerprint density at radius 2 is 1.78 bits per heavy atom. The van der Waals surface area contributed by atoms with E-state index in [2.05, 4.69) is 5.32 Å². The van der Waals surface area contributed by atoms with Gasteiger partial charge < -0.3 is 10.1 Å².